The molecule has 0 radical (unpaired) electrons. The third-order valence-electron chi connectivity index (χ3n) is 3.05. The zero-order valence-electron chi connectivity index (χ0n) is 12.7. The van der Waals surface area contributed by atoms with Crippen LogP contribution in [0, 0.1) is 0 Å². The molecule has 0 aliphatic carbocycles. The summed E-state index contributed by atoms with van der Waals surface area (Å²) < 4.78 is 10.4. The molecule has 0 atom stereocenters. The number of rotatable bonds is 10. The van der Waals surface area contributed by atoms with E-state index in [-0.39, 0.29) is 5.75 Å². The quantitative estimate of drug-likeness (QED) is 0.636. The second-order valence-electron chi connectivity index (χ2n) is 4.67. The summed E-state index contributed by atoms with van der Waals surface area (Å²) >= 11 is 0. The van der Waals surface area contributed by atoms with Gasteiger partial charge in [-0.1, -0.05) is 12.1 Å². The predicted molar refractivity (Wildman–Crippen MR) is 80.4 cm³/mol. The van der Waals surface area contributed by atoms with E-state index in [9.17, 15) is 5.11 Å². The Morgan fingerprint density at radius 3 is 2.80 bits per heavy atom. The molecule has 0 saturated carbocycles. The molecule has 0 unspecified atom stereocenters. The number of methoxy groups -OCH3 is 1. The van der Waals surface area contributed by atoms with Crippen molar-refractivity contribution < 1.29 is 14.6 Å². The van der Waals surface area contributed by atoms with Gasteiger partial charge in [0.05, 0.1) is 13.2 Å². The molecule has 2 N–H and O–H groups in total. The van der Waals surface area contributed by atoms with Gasteiger partial charge in [-0.05, 0) is 20.0 Å². The summed E-state index contributed by atoms with van der Waals surface area (Å²) in [6.45, 7) is 6.55. The third kappa shape index (κ3) is 5.77. The minimum Gasteiger partial charge on any atom is -0.504 e. The van der Waals surface area contributed by atoms with Gasteiger partial charge in [-0.3, -0.25) is 0 Å². The van der Waals surface area contributed by atoms with E-state index in [1.807, 2.05) is 19.1 Å². The smallest absolute Gasteiger partial charge is 0.162 e. The Labute approximate surface area is 121 Å². The molecular weight excluding hydrogens is 256 g/mol. The number of likely N-dealkylation sites (N-methyl/N-ethyl adjacent to an activating group) is 1. The van der Waals surface area contributed by atoms with Gasteiger partial charge in [-0.25, -0.2) is 0 Å². The Morgan fingerprint density at radius 2 is 2.10 bits per heavy atom. The molecule has 0 saturated heterocycles. The van der Waals surface area contributed by atoms with E-state index in [0.717, 1.165) is 31.8 Å². The molecule has 0 heterocycles. The number of benzene rings is 1. The van der Waals surface area contributed by atoms with Crippen LogP contribution in [-0.2, 0) is 11.3 Å². The van der Waals surface area contributed by atoms with Crippen molar-refractivity contribution in [2.75, 3.05) is 47.0 Å². The Kier molecular flexibility index (Phi) is 8.02. The van der Waals surface area contributed by atoms with Crippen LogP contribution in [0.15, 0.2) is 18.2 Å². The number of nitrogens with zero attached hydrogens (tertiary/aromatic N) is 1. The maximum atomic E-state index is 10.1. The molecule has 0 amide bonds. The van der Waals surface area contributed by atoms with Gasteiger partial charge in [0.1, 0.15) is 0 Å². The lowest BCUT2D eigenvalue weighted by Gasteiger charge is -2.16. The van der Waals surface area contributed by atoms with E-state index >= 15 is 0 Å². The number of phenols is 1. The second-order valence-corrected chi connectivity index (χ2v) is 4.67. The van der Waals surface area contributed by atoms with Crippen molar-refractivity contribution in [2.45, 2.75) is 13.5 Å². The van der Waals surface area contributed by atoms with Crippen molar-refractivity contribution in [2.24, 2.45) is 0 Å². The topological polar surface area (TPSA) is 54.0 Å². The van der Waals surface area contributed by atoms with Crippen molar-refractivity contribution in [3.05, 3.63) is 23.8 Å². The number of ether oxygens (including phenoxy) is 2. The summed E-state index contributed by atoms with van der Waals surface area (Å²) in [6, 6.07) is 5.58. The van der Waals surface area contributed by atoms with Crippen molar-refractivity contribution in [1.82, 2.24) is 10.2 Å². The fourth-order valence-corrected chi connectivity index (χ4v) is 1.83. The molecule has 0 spiro atoms. The van der Waals surface area contributed by atoms with Crippen molar-refractivity contribution in [1.29, 1.82) is 0 Å². The highest BCUT2D eigenvalue weighted by atomic mass is 16.5. The van der Waals surface area contributed by atoms with Gasteiger partial charge >= 0.3 is 0 Å². The lowest BCUT2D eigenvalue weighted by molar-refractivity contribution is 0.161. The van der Waals surface area contributed by atoms with Crippen LogP contribution in [-0.4, -0.2) is 57.0 Å². The Morgan fingerprint density at radius 1 is 1.30 bits per heavy atom. The molecule has 5 heteroatoms. The van der Waals surface area contributed by atoms with Crippen LogP contribution in [0.4, 0.5) is 0 Å². The van der Waals surface area contributed by atoms with Crippen LogP contribution in [0.25, 0.3) is 0 Å². The highest BCUT2D eigenvalue weighted by molar-refractivity contribution is 5.45. The van der Waals surface area contributed by atoms with Gasteiger partial charge < -0.3 is 24.8 Å². The lowest BCUT2D eigenvalue weighted by atomic mass is 10.2. The normalized spacial score (nSPS) is 11.0. The molecule has 0 bridgehead atoms. The van der Waals surface area contributed by atoms with E-state index < -0.39 is 0 Å². The SMILES string of the molecule is CCOc1cccc(CNCCN(C)CCOC)c1O. The molecule has 0 aliphatic heterocycles. The van der Waals surface area contributed by atoms with E-state index in [2.05, 4.69) is 17.3 Å². The molecule has 0 fully saturated rings. The van der Waals surface area contributed by atoms with E-state index in [0.29, 0.717) is 18.9 Å². The number of hydrogen-bond donors (Lipinski definition) is 2. The van der Waals surface area contributed by atoms with Crippen LogP contribution in [0.1, 0.15) is 12.5 Å². The number of para-hydroxylation sites is 1. The molecule has 114 valence electrons. The maximum Gasteiger partial charge on any atom is 0.162 e. The van der Waals surface area contributed by atoms with Crippen molar-refractivity contribution in [3.63, 3.8) is 0 Å². The average Bonchev–Trinajstić information content (AvgIpc) is 2.45. The summed E-state index contributed by atoms with van der Waals surface area (Å²) in [5.41, 5.74) is 0.857. The monoisotopic (exact) mass is 282 g/mol. The molecule has 1 rings (SSSR count). The highest BCUT2D eigenvalue weighted by Gasteiger charge is 2.07. The summed E-state index contributed by atoms with van der Waals surface area (Å²) in [4.78, 5) is 2.20. The van der Waals surface area contributed by atoms with Crippen molar-refractivity contribution in [3.8, 4) is 11.5 Å². The first kappa shape index (κ1) is 16.8. The molecule has 5 nitrogen and oxygen atoms in total. The van der Waals surface area contributed by atoms with Gasteiger partial charge in [0, 0.05) is 38.9 Å². The Bertz CT molecular complexity index is 385. The zero-order chi connectivity index (χ0) is 14.8. The maximum absolute atomic E-state index is 10.1. The van der Waals surface area contributed by atoms with Gasteiger partial charge in [-0.15, -0.1) is 0 Å². The van der Waals surface area contributed by atoms with Gasteiger partial charge in [-0.2, -0.15) is 0 Å². The summed E-state index contributed by atoms with van der Waals surface area (Å²) in [6.07, 6.45) is 0. The van der Waals surface area contributed by atoms with Crippen LogP contribution < -0.4 is 10.1 Å². The van der Waals surface area contributed by atoms with E-state index in [1.54, 1.807) is 13.2 Å². The molecule has 20 heavy (non-hydrogen) atoms. The zero-order valence-corrected chi connectivity index (χ0v) is 12.7. The predicted octanol–water partition coefficient (Wildman–Crippen LogP) is 1.46. The number of aromatic hydroxyl groups is 1. The van der Waals surface area contributed by atoms with Gasteiger partial charge in [0.15, 0.2) is 11.5 Å². The van der Waals surface area contributed by atoms with Crippen LogP contribution in [0.2, 0.25) is 0 Å². The molecular formula is C15H26N2O3. The van der Waals surface area contributed by atoms with Crippen molar-refractivity contribution >= 4 is 0 Å². The number of hydrogen-bond acceptors (Lipinski definition) is 5. The lowest BCUT2D eigenvalue weighted by Crippen LogP contribution is -2.31. The molecule has 1 aromatic carbocycles. The molecule has 0 aromatic heterocycles. The highest BCUT2D eigenvalue weighted by Crippen LogP contribution is 2.29. The third-order valence-corrected chi connectivity index (χ3v) is 3.05. The Hall–Kier alpha value is -1.30. The summed E-state index contributed by atoms with van der Waals surface area (Å²) in [5.74, 6) is 0.776. The van der Waals surface area contributed by atoms with Crippen LogP contribution >= 0.6 is 0 Å². The second kappa shape index (κ2) is 9.58. The van der Waals surface area contributed by atoms with Gasteiger partial charge in [0.2, 0.25) is 0 Å². The van der Waals surface area contributed by atoms with Crippen LogP contribution in [0.3, 0.4) is 0 Å². The van der Waals surface area contributed by atoms with E-state index in [1.165, 1.54) is 0 Å². The first-order valence-electron chi connectivity index (χ1n) is 7.00. The minimum atomic E-state index is 0.231. The number of nitrogens with one attached hydrogen (secondary N) is 1. The largest absolute Gasteiger partial charge is 0.504 e. The minimum absolute atomic E-state index is 0.231. The standard InChI is InChI=1S/C15H26N2O3/c1-4-20-14-7-5-6-13(15(14)18)12-16-8-9-17(2)10-11-19-3/h5-7,16,18H,4,8-12H2,1-3H3. The Balaban J connectivity index is 2.33. The van der Waals surface area contributed by atoms with E-state index in [4.69, 9.17) is 9.47 Å². The molecule has 1 aromatic rings. The first-order valence-corrected chi connectivity index (χ1v) is 7.00. The number of phenolic OH excluding ortho intramolecular Hbond substituents is 1. The summed E-state index contributed by atoms with van der Waals surface area (Å²) in [7, 11) is 3.77. The van der Waals surface area contributed by atoms with Crippen LogP contribution in [0.5, 0.6) is 11.5 Å². The average molecular weight is 282 g/mol. The fraction of sp³-hybridized carbons (Fsp3) is 0.600. The molecule has 0 aliphatic rings. The summed E-state index contributed by atoms with van der Waals surface area (Å²) in [5, 5.41) is 13.4. The van der Waals surface area contributed by atoms with Gasteiger partial charge in [0.25, 0.3) is 0 Å². The fourth-order valence-electron chi connectivity index (χ4n) is 1.83. The first-order chi connectivity index (χ1) is 9.69.